The van der Waals surface area contributed by atoms with Crippen molar-refractivity contribution in [3.8, 4) is 33.8 Å². The number of hydrogen-bond acceptors (Lipinski definition) is 4. The van der Waals surface area contributed by atoms with Crippen LogP contribution in [0.15, 0.2) is 91.5 Å². The largest absolute Gasteiger partial charge is 0.423 e. The van der Waals surface area contributed by atoms with Gasteiger partial charge in [-0.05, 0) is 83.1 Å². The van der Waals surface area contributed by atoms with E-state index in [9.17, 15) is 9.59 Å². The number of benzene rings is 3. The highest BCUT2D eigenvalue weighted by Crippen LogP contribution is 2.46. The second-order valence-electron chi connectivity index (χ2n) is 7.81. The molecule has 0 saturated carbocycles. The number of fused-ring (bicyclic) bond motifs is 3. The highest BCUT2D eigenvalue weighted by Gasteiger charge is 2.23. The maximum absolute atomic E-state index is 11.9. The predicted molar refractivity (Wildman–Crippen MR) is 126 cm³/mol. The smallest absolute Gasteiger partial charge is 0.338 e. The van der Waals surface area contributed by atoms with Crippen molar-refractivity contribution in [2.45, 2.75) is 13.8 Å². The third kappa shape index (κ3) is 3.91. The van der Waals surface area contributed by atoms with Crippen molar-refractivity contribution >= 4 is 17.5 Å². The van der Waals surface area contributed by atoms with Crippen LogP contribution in [0, 0.1) is 0 Å². The molecule has 1 aliphatic carbocycles. The summed E-state index contributed by atoms with van der Waals surface area (Å²) in [5.74, 6) is 0.0331. The topological polar surface area (TPSA) is 52.6 Å². The van der Waals surface area contributed by atoms with Crippen LogP contribution < -0.4 is 9.47 Å². The zero-order chi connectivity index (χ0) is 23.0. The molecule has 4 rings (SSSR count). The molecule has 1 aliphatic rings. The molecule has 0 heterocycles. The summed E-state index contributed by atoms with van der Waals surface area (Å²) < 4.78 is 10.6. The Morgan fingerprint density at radius 2 is 1.09 bits per heavy atom. The first-order valence-corrected chi connectivity index (χ1v) is 10.1. The minimum absolute atomic E-state index is 0.345. The summed E-state index contributed by atoms with van der Waals surface area (Å²) in [6, 6.07) is 19.1. The number of carbonyl (C=O) groups excluding carboxylic acids is 2. The first kappa shape index (κ1) is 21.1. The van der Waals surface area contributed by atoms with Gasteiger partial charge < -0.3 is 9.47 Å². The van der Waals surface area contributed by atoms with Gasteiger partial charge in [-0.15, -0.1) is 0 Å². The fraction of sp³-hybridized carbons (Fsp3) is 0.0714. The van der Waals surface area contributed by atoms with Crippen LogP contribution in [0.5, 0.6) is 11.5 Å². The SMILES string of the molecule is C=C(C)C(=O)Oc1ccc(-c2ccc3c(c2)C(=C)c2cc(OC(=O)C(=C)C)ccc2-3)cc1. The lowest BCUT2D eigenvalue weighted by molar-refractivity contribution is -0.130. The van der Waals surface area contributed by atoms with Gasteiger partial charge in [0.05, 0.1) is 0 Å². The van der Waals surface area contributed by atoms with Gasteiger partial charge in [0.1, 0.15) is 11.5 Å². The van der Waals surface area contributed by atoms with Crippen LogP contribution in [0.1, 0.15) is 25.0 Å². The molecule has 0 aromatic heterocycles. The second-order valence-corrected chi connectivity index (χ2v) is 7.81. The maximum Gasteiger partial charge on any atom is 0.338 e. The summed E-state index contributed by atoms with van der Waals surface area (Å²) in [7, 11) is 0. The summed E-state index contributed by atoms with van der Waals surface area (Å²) >= 11 is 0. The number of carbonyl (C=O) groups is 2. The van der Waals surface area contributed by atoms with E-state index in [0.29, 0.717) is 22.6 Å². The molecule has 3 aromatic rings. The van der Waals surface area contributed by atoms with Crippen molar-refractivity contribution in [3.63, 3.8) is 0 Å². The highest BCUT2D eigenvalue weighted by molar-refractivity contribution is 6.02. The third-order valence-electron chi connectivity index (χ3n) is 5.26. The lowest BCUT2D eigenvalue weighted by Gasteiger charge is -2.08. The highest BCUT2D eigenvalue weighted by atomic mass is 16.5. The Labute approximate surface area is 187 Å². The third-order valence-corrected chi connectivity index (χ3v) is 5.26. The molecule has 0 unspecified atom stereocenters. The second kappa shape index (κ2) is 8.16. The number of esters is 2. The van der Waals surface area contributed by atoms with E-state index in [4.69, 9.17) is 9.47 Å². The van der Waals surface area contributed by atoms with E-state index in [1.54, 1.807) is 32.0 Å². The molecule has 0 N–H and O–H groups in total. The average Bonchev–Trinajstić information content (AvgIpc) is 3.05. The van der Waals surface area contributed by atoms with E-state index in [2.05, 4.69) is 31.9 Å². The molecule has 3 aromatic carbocycles. The Balaban J connectivity index is 1.60. The summed E-state index contributed by atoms with van der Waals surface area (Å²) in [6.45, 7) is 14.7. The van der Waals surface area contributed by atoms with E-state index >= 15 is 0 Å². The molecule has 0 amide bonds. The van der Waals surface area contributed by atoms with Crippen molar-refractivity contribution in [1.29, 1.82) is 0 Å². The standard InChI is InChI=1S/C28H22O4/c1-16(2)27(29)31-21-9-6-19(7-10-21)20-8-12-23-24-13-11-22(32-28(30)17(3)4)15-26(24)18(5)25(23)14-20/h6-15H,1,3,5H2,2,4H3. The van der Waals surface area contributed by atoms with E-state index in [1.807, 2.05) is 30.3 Å². The Bertz CT molecular complexity index is 1310. The normalized spacial score (nSPS) is 11.4. The molecule has 0 spiro atoms. The minimum atomic E-state index is -0.453. The van der Waals surface area contributed by atoms with Crippen LogP contribution in [-0.2, 0) is 9.59 Å². The van der Waals surface area contributed by atoms with Gasteiger partial charge >= 0.3 is 11.9 Å². The molecule has 0 saturated heterocycles. The van der Waals surface area contributed by atoms with Gasteiger partial charge in [0.15, 0.2) is 0 Å². The van der Waals surface area contributed by atoms with Crippen molar-refractivity contribution in [1.82, 2.24) is 0 Å². The molecule has 0 bridgehead atoms. The summed E-state index contributed by atoms with van der Waals surface area (Å²) in [4.78, 5) is 23.5. The van der Waals surface area contributed by atoms with E-state index in [1.165, 1.54) is 0 Å². The van der Waals surface area contributed by atoms with Crippen LogP contribution in [0.2, 0.25) is 0 Å². The van der Waals surface area contributed by atoms with Gasteiger partial charge in [-0.1, -0.05) is 50.1 Å². The van der Waals surface area contributed by atoms with Crippen molar-refractivity contribution < 1.29 is 19.1 Å². The lowest BCUT2D eigenvalue weighted by Crippen LogP contribution is -2.08. The Morgan fingerprint density at radius 3 is 1.69 bits per heavy atom. The van der Waals surface area contributed by atoms with Crippen LogP contribution in [0.4, 0.5) is 0 Å². The molecular weight excluding hydrogens is 400 g/mol. The van der Waals surface area contributed by atoms with Gasteiger partial charge in [-0.2, -0.15) is 0 Å². The Morgan fingerprint density at radius 1 is 0.625 bits per heavy atom. The summed E-state index contributed by atoms with van der Waals surface area (Å²) in [5.41, 5.74) is 7.67. The lowest BCUT2D eigenvalue weighted by atomic mass is 9.98. The van der Waals surface area contributed by atoms with Crippen LogP contribution in [0.25, 0.3) is 27.8 Å². The fourth-order valence-corrected chi connectivity index (χ4v) is 3.53. The molecule has 4 nitrogen and oxygen atoms in total. The molecule has 4 heteroatoms. The minimum Gasteiger partial charge on any atom is -0.423 e. The quantitative estimate of drug-likeness (QED) is 0.213. The summed E-state index contributed by atoms with van der Waals surface area (Å²) in [5, 5.41) is 0. The maximum atomic E-state index is 11.9. The first-order chi connectivity index (χ1) is 15.2. The van der Waals surface area contributed by atoms with E-state index in [0.717, 1.165) is 39.0 Å². The molecule has 158 valence electrons. The molecule has 32 heavy (non-hydrogen) atoms. The fourth-order valence-electron chi connectivity index (χ4n) is 3.53. The molecule has 0 fully saturated rings. The van der Waals surface area contributed by atoms with Gasteiger partial charge in [0.25, 0.3) is 0 Å². The van der Waals surface area contributed by atoms with Crippen molar-refractivity contribution in [2.75, 3.05) is 0 Å². The molecule has 0 aliphatic heterocycles. The first-order valence-electron chi connectivity index (χ1n) is 10.1. The van der Waals surface area contributed by atoms with E-state index < -0.39 is 11.9 Å². The van der Waals surface area contributed by atoms with Crippen molar-refractivity contribution in [3.05, 3.63) is 103 Å². The number of ether oxygens (including phenoxy) is 2. The van der Waals surface area contributed by atoms with Crippen molar-refractivity contribution in [2.24, 2.45) is 0 Å². The van der Waals surface area contributed by atoms with Crippen LogP contribution >= 0.6 is 0 Å². The summed E-state index contributed by atoms with van der Waals surface area (Å²) in [6.07, 6.45) is 0. The van der Waals surface area contributed by atoms with Gasteiger partial charge in [-0.3, -0.25) is 0 Å². The van der Waals surface area contributed by atoms with Crippen LogP contribution in [0.3, 0.4) is 0 Å². The predicted octanol–water partition coefficient (Wildman–Crippen LogP) is 6.36. The number of hydrogen-bond donors (Lipinski definition) is 0. The molecule has 0 radical (unpaired) electrons. The van der Waals surface area contributed by atoms with Gasteiger partial charge in [0, 0.05) is 11.1 Å². The van der Waals surface area contributed by atoms with Crippen LogP contribution in [-0.4, -0.2) is 11.9 Å². The average molecular weight is 422 g/mol. The number of rotatable bonds is 5. The zero-order valence-electron chi connectivity index (χ0n) is 18.0. The van der Waals surface area contributed by atoms with Gasteiger partial charge in [0.2, 0.25) is 0 Å². The zero-order valence-corrected chi connectivity index (χ0v) is 18.0. The molecular formula is C28H22O4. The monoisotopic (exact) mass is 422 g/mol. The Kier molecular flexibility index (Phi) is 5.37. The van der Waals surface area contributed by atoms with E-state index in [-0.39, 0.29) is 0 Å². The van der Waals surface area contributed by atoms with Gasteiger partial charge in [-0.25, -0.2) is 9.59 Å². The Hall–Kier alpha value is -4.18. The molecule has 0 atom stereocenters.